The Kier molecular flexibility index (Phi) is 4.03. The van der Waals surface area contributed by atoms with E-state index in [0.717, 1.165) is 11.0 Å². The minimum atomic E-state index is -0.389. The molecule has 25 heavy (non-hydrogen) atoms. The van der Waals surface area contributed by atoms with Gasteiger partial charge in [0.15, 0.2) is 10.9 Å². The van der Waals surface area contributed by atoms with Crippen LogP contribution in [0.5, 0.6) is 0 Å². The molecule has 0 fully saturated rings. The Morgan fingerprint density at radius 3 is 2.80 bits per heavy atom. The van der Waals surface area contributed by atoms with Crippen molar-refractivity contribution in [1.82, 2.24) is 4.98 Å². The first-order valence-corrected chi connectivity index (χ1v) is 8.55. The molecule has 0 unspecified atom stereocenters. The second-order valence-electron chi connectivity index (χ2n) is 5.50. The van der Waals surface area contributed by atoms with Crippen LogP contribution in [0.1, 0.15) is 5.56 Å². The molecule has 0 aliphatic heterocycles. The van der Waals surface area contributed by atoms with Crippen LogP contribution in [0.2, 0.25) is 0 Å². The monoisotopic (exact) mass is 352 g/mol. The molecule has 2 aromatic carbocycles. The Morgan fingerprint density at radius 2 is 1.96 bits per heavy atom. The molecule has 0 saturated carbocycles. The largest absolute Gasteiger partial charge is 0.454 e. The van der Waals surface area contributed by atoms with Crippen LogP contribution >= 0.6 is 11.3 Å². The first-order valence-electron chi connectivity index (χ1n) is 7.67. The maximum Gasteiger partial charge on any atom is 0.230 e. The maximum absolute atomic E-state index is 13.6. The van der Waals surface area contributed by atoms with Crippen molar-refractivity contribution in [2.24, 2.45) is 0 Å². The van der Waals surface area contributed by atoms with Gasteiger partial charge >= 0.3 is 0 Å². The maximum atomic E-state index is 13.6. The summed E-state index contributed by atoms with van der Waals surface area (Å²) in [6, 6.07) is 15.8. The number of fused-ring (bicyclic) bond motifs is 1. The number of nitrogens with zero attached hydrogens (tertiary/aromatic N) is 1. The number of amides is 1. The molecule has 4 aromatic rings. The summed E-state index contributed by atoms with van der Waals surface area (Å²) in [5.74, 6) is -0.0533. The van der Waals surface area contributed by atoms with Crippen LogP contribution in [0, 0.1) is 5.82 Å². The van der Waals surface area contributed by atoms with Crippen molar-refractivity contribution in [2.75, 3.05) is 5.32 Å². The van der Waals surface area contributed by atoms with E-state index >= 15 is 0 Å². The van der Waals surface area contributed by atoms with E-state index in [0.29, 0.717) is 22.1 Å². The first-order chi connectivity index (χ1) is 12.2. The van der Waals surface area contributed by atoms with E-state index in [4.69, 9.17) is 4.42 Å². The zero-order valence-corrected chi connectivity index (χ0v) is 13.8. The van der Waals surface area contributed by atoms with Crippen LogP contribution in [0.3, 0.4) is 0 Å². The number of para-hydroxylation sites is 1. The molecule has 0 atom stereocenters. The van der Waals surface area contributed by atoms with E-state index < -0.39 is 0 Å². The number of carbonyl (C=O) groups excluding carboxylic acids is 1. The fraction of sp³-hybridized carbons (Fsp3) is 0.0526. The third-order valence-corrected chi connectivity index (χ3v) is 4.50. The van der Waals surface area contributed by atoms with Crippen molar-refractivity contribution in [2.45, 2.75) is 6.42 Å². The molecule has 0 aliphatic rings. The highest BCUT2D eigenvalue weighted by molar-refractivity contribution is 7.14. The number of furan rings is 1. The lowest BCUT2D eigenvalue weighted by molar-refractivity contribution is -0.115. The van der Waals surface area contributed by atoms with E-state index in [1.54, 1.807) is 18.2 Å². The average Bonchev–Trinajstić information content (AvgIpc) is 3.23. The molecular weight excluding hydrogens is 339 g/mol. The molecule has 0 saturated heterocycles. The summed E-state index contributed by atoms with van der Waals surface area (Å²) in [5.41, 5.74) is 1.80. The van der Waals surface area contributed by atoms with E-state index in [2.05, 4.69) is 10.3 Å². The van der Waals surface area contributed by atoms with Gasteiger partial charge in [0.2, 0.25) is 5.91 Å². The minimum Gasteiger partial charge on any atom is -0.454 e. The van der Waals surface area contributed by atoms with Crippen LogP contribution < -0.4 is 5.32 Å². The van der Waals surface area contributed by atoms with Gasteiger partial charge in [-0.25, -0.2) is 9.37 Å². The summed E-state index contributed by atoms with van der Waals surface area (Å²) in [7, 11) is 0. The molecular formula is C19H13FN2O2S. The van der Waals surface area contributed by atoms with Gasteiger partial charge in [-0.15, -0.1) is 11.3 Å². The molecule has 0 aliphatic carbocycles. The quantitative estimate of drug-likeness (QED) is 0.570. The van der Waals surface area contributed by atoms with Gasteiger partial charge < -0.3 is 9.73 Å². The SMILES string of the molecule is O=C(Cc1ccccc1F)Nc1nc(-c2cc3ccccc3o2)cs1. The predicted molar refractivity (Wildman–Crippen MR) is 96.1 cm³/mol. The van der Waals surface area contributed by atoms with Crippen molar-refractivity contribution in [3.63, 3.8) is 0 Å². The summed E-state index contributed by atoms with van der Waals surface area (Å²) >= 11 is 1.30. The molecule has 4 rings (SSSR count). The number of halogens is 1. The van der Waals surface area contributed by atoms with Gasteiger partial charge in [0.1, 0.15) is 17.1 Å². The van der Waals surface area contributed by atoms with Crippen molar-refractivity contribution in [1.29, 1.82) is 0 Å². The van der Waals surface area contributed by atoms with Gasteiger partial charge in [-0.1, -0.05) is 36.4 Å². The highest BCUT2D eigenvalue weighted by Crippen LogP contribution is 2.30. The summed E-state index contributed by atoms with van der Waals surface area (Å²) in [5, 5.41) is 5.97. The van der Waals surface area contributed by atoms with Gasteiger partial charge in [0.25, 0.3) is 0 Å². The molecule has 1 N–H and O–H groups in total. The second kappa shape index (κ2) is 6.49. The number of hydrogen-bond acceptors (Lipinski definition) is 4. The zero-order valence-electron chi connectivity index (χ0n) is 13.0. The third-order valence-electron chi connectivity index (χ3n) is 3.74. The molecule has 1 amide bonds. The smallest absolute Gasteiger partial charge is 0.230 e. The Bertz CT molecular complexity index is 1020. The van der Waals surface area contributed by atoms with E-state index in [-0.39, 0.29) is 18.1 Å². The number of hydrogen-bond donors (Lipinski definition) is 1. The Hall–Kier alpha value is -2.99. The molecule has 4 nitrogen and oxygen atoms in total. The van der Waals surface area contributed by atoms with Crippen molar-refractivity contribution in [3.8, 4) is 11.5 Å². The number of thiazole rings is 1. The Labute approximate surface area is 146 Å². The highest BCUT2D eigenvalue weighted by atomic mass is 32.1. The molecule has 0 bridgehead atoms. The van der Waals surface area contributed by atoms with Gasteiger partial charge in [0, 0.05) is 10.8 Å². The normalized spacial score (nSPS) is 10.9. The highest BCUT2D eigenvalue weighted by Gasteiger charge is 2.13. The lowest BCUT2D eigenvalue weighted by Crippen LogP contribution is -2.15. The van der Waals surface area contributed by atoms with Crippen LogP contribution in [0.4, 0.5) is 9.52 Å². The number of benzene rings is 2. The van der Waals surface area contributed by atoms with Crippen molar-refractivity contribution >= 4 is 33.3 Å². The minimum absolute atomic E-state index is 0.0355. The van der Waals surface area contributed by atoms with Gasteiger partial charge in [-0.3, -0.25) is 4.79 Å². The van der Waals surface area contributed by atoms with Crippen LogP contribution in [-0.4, -0.2) is 10.9 Å². The summed E-state index contributed by atoms with van der Waals surface area (Å²) in [6.45, 7) is 0. The number of carbonyl (C=O) groups is 1. The van der Waals surface area contributed by atoms with Gasteiger partial charge in [-0.2, -0.15) is 0 Å². The Balaban J connectivity index is 1.49. The summed E-state index contributed by atoms with van der Waals surface area (Å²) in [4.78, 5) is 16.5. The second-order valence-corrected chi connectivity index (χ2v) is 6.36. The predicted octanol–water partition coefficient (Wildman–Crippen LogP) is 4.88. The molecule has 0 radical (unpaired) electrons. The summed E-state index contributed by atoms with van der Waals surface area (Å²) in [6.07, 6.45) is -0.0355. The van der Waals surface area contributed by atoms with Crippen LogP contribution in [-0.2, 0) is 11.2 Å². The fourth-order valence-electron chi connectivity index (χ4n) is 2.53. The number of aromatic nitrogens is 1. The van der Waals surface area contributed by atoms with Crippen LogP contribution in [0.25, 0.3) is 22.4 Å². The molecule has 6 heteroatoms. The molecule has 0 spiro atoms. The molecule has 2 aromatic heterocycles. The van der Waals surface area contributed by atoms with E-state index in [9.17, 15) is 9.18 Å². The van der Waals surface area contributed by atoms with Gasteiger partial charge in [-0.05, 0) is 23.8 Å². The van der Waals surface area contributed by atoms with Crippen molar-refractivity contribution < 1.29 is 13.6 Å². The molecule has 2 heterocycles. The number of nitrogens with one attached hydrogen (secondary N) is 1. The lowest BCUT2D eigenvalue weighted by atomic mass is 10.1. The first kappa shape index (κ1) is 15.5. The number of rotatable bonds is 4. The molecule has 124 valence electrons. The topological polar surface area (TPSA) is 55.1 Å². The van der Waals surface area contributed by atoms with E-state index in [1.807, 2.05) is 35.7 Å². The zero-order chi connectivity index (χ0) is 17.2. The third kappa shape index (κ3) is 3.29. The van der Waals surface area contributed by atoms with Gasteiger partial charge in [0.05, 0.1) is 6.42 Å². The Morgan fingerprint density at radius 1 is 1.16 bits per heavy atom. The van der Waals surface area contributed by atoms with E-state index in [1.165, 1.54) is 17.4 Å². The summed E-state index contributed by atoms with van der Waals surface area (Å²) < 4.78 is 19.4. The average molecular weight is 352 g/mol. The number of anilines is 1. The lowest BCUT2D eigenvalue weighted by Gasteiger charge is -2.03. The fourth-order valence-corrected chi connectivity index (χ4v) is 3.25. The van der Waals surface area contributed by atoms with Crippen molar-refractivity contribution in [3.05, 3.63) is 71.4 Å². The standard InChI is InChI=1S/C19H13FN2O2S/c20-14-7-3-1-5-12(14)10-18(23)22-19-21-15(11-25-19)17-9-13-6-2-4-8-16(13)24-17/h1-9,11H,10H2,(H,21,22,23). The van der Waals surface area contributed by atoms with Crippen LogP contribution in [0.15, 0.2) is 64.4 Å².